The van der Waals surface area contributed by atoms with Crippen molar-refractivity contribution in [2.24, 2.45) is 5.10 Å². The molecule has 0 aliphatic carbocycles. The molecular formula is C28H31ClN2O4. The smallest absolute Gasteiger partial charge is 0.271 e. The van der Waals surface area contributed by atoms with E-state index in [0.717, 1.165) is 22.4 Å². The van der Waals surface area contributed by atoms with Crippen LogP contribution in [0.25, 0.3) is 0 Å². The third-order valence-electron chi connectivity index (χ3n) is 5.46. The lowest BCUT2D eigenvalue weighted by Crippen LogP contribution is -2.17. The summed E-state index contributed by atoms with van der Waals surface area (Å²) in [6, 6.07) is 18.3. The first-order valence-electron chi connectivity index (χ1n) is 11.5. The highest BCUT2D eigenvalue weighted by Crippen LogP contribution is 2.27. The summed E-state index contributed by atoms with van der Waals surface area (Å²) in [5.74, 6) is 0.959. The molecule has 0 aliphatic rings. The Hall–Kier alpha value is -3.35. The maximum absolute atomic E-state index is 12.2. The first kappa shape index (κ1) is 26.3. The lowest BCUT2D eigenvalue weighted by atomic mass is 10.00. The van der Waals surface area contributed by atoms with Crippen molar-refractivity contribution in [3.63, 3.8) is 0 Å². The first-order valence-corrected chi connectivity index (χ1v) is 11.9. The molecule has 3 rings (SSSR count). The molecule has 0 atom stereocenters. The van der Waals surface area contributed by atoms with Crippen LogP contribution in [0.5, 0.6) is 11.5 Å². The summed E-state index contributed by atoms with van der Waals surface area (Å²) in [7, 11) is 0. The third-order valence-corrected chi connectivity index (χ3v) is 5.76. The van der Waals surface area contributed by atoms with Gasteiger partial charge in [0.05, 0.1) is 17.8 Å². The fourth-order valence-corrected chi connectivity index (χ4v) is 3.55. The van der Waals surface area contributed by atoms with E-state index in [1.54, 1.807) is 6.21 Å². The number of benzene rings is 3. The Labute approximate surface area is 211 Å². The summed E-state index contributed by atoms with van der Waals surface area (Å²) in [6.07, 6.45) is 1.56. The van der Waals surface area contributed by atoms with Crippen LogP contribution >= 0.6 is 11.6 Å². The summed E-state index contributed by atoms with van der Waals surface area (Å²) < 4.78 is 11.6. The number of nitrogens with zero attached hydrogens (tertiary/aromatic N) is 1. The van der Waals surface area contributed by atoms with Gasteiger partial charge in [0.25, 0.3) is 5.91 Å². The average molecular weight is 495 g/mol. The summed E-state index contributed by atoms with van der Waals surface area (Å²) in [6.45, 7) is 9.13. The van der Waals surface area contributed by atoms with Crippen LogP contribution in [-0.2, 0) is 11.3 Å². The number of phenols is 1. The summed E-state index contributed by atoms with van der Waals surface area (Å²) >= 11 is 5.85. The Balaban J connectivity index is 1.55. The molecule has 0 spiro atoms. The van der Waals surface area contributed by atoms with Gasteiger partial charge in [0.2, 0.25) is 0 Å². The first-order chi connectivity index (χ1) is 16.7. The van der Waals surface area contributed by atoms with Crippen LogP contribution in [0.4, 0.5) is 0 Å². The van der Waals surface area contributed by atoms with Gasteiger partial charge in [-0.3, -0.25) is 4.79 Å². The molecule has 0 bridgehead atoms. The van der Waals surface area contributed by atoms with E-state index in [4.69, 9.17) is 21.1 Å². The van der Waals surface area contributed by atoms with E-state index in [9.17, 15) is 9.90 Å². The van der Waals surface area contributed by atoms with Crippen molar-refractivity contribution < 1.29 is 19.4 Å². The van der Waals surface area contributed by atoms with E-state index in [0.29, 0.717) is 18.1 Å². The Morgan fingerprint density at radius 3 is 2.43 bits per heavy atom. The molecule has 0 heterocycles. The molecule has 3 aromatic rings. The number of amides is 1. The number of halogens is 1. The second-order valence-electron chi connectivity index (χ2n) is 8.82. The number of hydrazone groups is 1. The van der Waals surface area contributed by atoms with E-state index in [1.165, 1.54) is 23.8 Å². The zero-order valence-corrected chi connectivity index (χ0v) is 21.2. The fraction of sp³-hybridized carbons (Fsp3) is 0.286. The van der Waals surface area contributed by atoms with Crippen LogP contribution in [0.15, 0.2) is 65.8 Å². The molecule has 184 valence electrons. The number of hydrogen-bond acceptors (Lipinski definition) is 5. The van der Waals surface area contributed by atoms with Crippen molar-refractivity contribution in [2.75, 3.05) is 6.79 Å². The normalized spacial score (nSPS) is 11.4. The lowest BCUT2D eigenvalue weighted by Gasteiger charge is -2.15. The number of carbonyl (C=O) groups is 1. The van der Waals surface area contributed by atoms with Gasteiger partial charge in [0.15, 0.2) is 6.79 Å². The second-order valence-corrected chi connectivity index (χ2v) is 9.23. The van der Waals surface area contributed by atoms with E-state index >= 15 is 0 Å². The molecule has 6 nitrogen and oxygen atoms in total. The monoisotopic (exact) mass is 494 g/mol. The topological polar surface area (TPSA) is 80.2 Å². The van der Waals surface area contributed by atoms with Gasteiger partial charge in [-0.25, -0.2) is 5.43 Å². The van der Waals surface area contributed by atoms with Gasteiger partial charge >= 0.3 is 0 Å². The molecule has 1 amide bonds. The van der Waals surface area contributed by atoms with Gasteiger partial charge in [-0.15, -0.1) is 0 Å². The standard InChI is InChI=1S/C28H31ClN2O4/c1-18(2)22-8-5-20(6-9-22)16-34-17-35-27-12-7-21(13-24(27)19(3)4)15-30-31-28(33)23-10-11-26(32)25(29)14-23/h5-15,18-19,32H,16-17H2,1-4H3,(H,31,33). The molecule has 2 N–H and O–H groups in total. The number of hydrogen-bond donors (Lipinski definition) is 2. The Bertz CT molecular complexity index is 1170. The maximum Gasteiger partial charge on any atom is 0.271 e. The number of phenolic OH excluding ortho intramolecular Hbond substituents is 1. The van der Waals surface area contributed by atoms with Crippen molar-refractivity contribution >= 4 is 23.7 Å². The predicted molar refractivity (Wildman–Crippen MR) is 140 cm³/mol. The van der Waals surface area contributed by atoms with E-state index in [1.807, 2.05) is 18.2 Å². The summed E-state index contributed by atoms with van der Waals surface area (Å²) in [5, 5.41) is 13.6. The van der Waals surface area contributed by atoms with Crippen LogP contribution in [0.3, 0.4) is 0 Å². The van der Waals surface area contributed by atoms with Crippen molar-refractivity contribution in [3.05, 3.63) is 93.5 Å². The van der Waals surface area contributed by atoms with Gasteiger partial charge in [-0.2, -0.15) is 5.10 Å². The molecule has 7 heteroatoms. The quantitative estimate of drug-likeness (QED) is 0.144. The van der Waals surface area contributed by atoms with Gasteiger partial charge < -0.3 is 14.6 Å². The van der Waals surface area contributed by atoms with Crippen LogP contribution in [0, 0.1) is 0 Å². The molecule has 35 heavy (non-hydrogen) atoms. The minimum absolute atomic E-state index is 0.0825. The molecule has 0 saturated heterocycles. The van der Waals surface area contributed by atoms with Crippen LogP contribution < -0.4 is 10.2 Å². The average Bonchev–Trinajstić information content (AvgIpc) is 2.84. The number of carbonyl (C=O) groups excluding carboxylic acids is 1. The fourth-order valence-electron chi connectivity index (χ4n) is 3.37. The van der Waals surface area contributed by atoms with Crippen LogP contribution in [0.2, 0.25) is 5.02 Å². The van der Waals surface area contributed by atoms with Crippen molar-refractivity contribution in [1.29, 1.82) is 0 Å². The predicted octanol–water partition coefficient (Wildman–Crippen LogP) is 6.61. The van der Waals surface area contributed by atoms with Gasteiger partial charge in [-0.1, -0.05) is 63.6 Å². The van der Waals surface area contributed by atoms with E-state index in [-0.39, 0.29) is 23.5 Å². The molecule has 0 aliphatic heterocycles. The number of nitrogens with one attached hydrogen (secondary N) is 1. The largest absolute Gasteiger partial charge is 0.506 e. The van der Waals surface area contributed by atoms with E-state index in [2.05, 4.69) is 62.5 Å². The van der Waals surface area contributed by atoms with Crippen LogP contribution in [-0.4, -0.2) is 24.0 Å². The van der Waals surface area contributed by atoms with E-state index < -0.39 is 5.91 Å². The van der Waals surface area contributed by atoms with Crippen molar-refractivity contribution in [2.45, 2.75) is 46.1 Å². The van der Waals surface area contributed by atoms with Gasteiger partial charge in [-0.05, 0) is 70.5 Å². The molecule has 3 aromatic carbocycles. The zero-order chi connectivity index (χ0) is 25.4. The second kappa shape index (κ2) is 12.4. The highest BCUT2D eigenvalue weighted by molar-refractivity contribution is 6.32. The Morgan fingerprint density at radius 1 is 1.03 bits per heavy atom. The number of ether oxygens (including phenoxy) is 2. The minimum Gasteiger partial charge on any atom is -0.506 e. The van der Waals surface area contributed by atoms with Gasteiger partial charge in [0, 0.05) is 5.56 Å². The van der Waals surface area contributed by atoms with Gasteiger partial charge in [0.1, 0.15) is 11.5 Å². The maximum atomic E-state index is 12.2. The molecule has 0 saturated carbocycles. The molecular weight excluding hydrogens is 464 g/mol. The third kappa shape index (κ3) is 7.57. The number of rotatable bonds is 10. The molecule has 0 aromatic heterocycles. The van der Waals surface area contributed by atoms with Crippen molar-refractivity contribution in [1.82, 2.24) is 5.43 Å². The van der Waals surface area contributed by atoms with Crippen molar-refractivity contribution in [3.8, 4) is 11.5 Å². The summed E-state index contributed by atoms with van der Waals surface area (Å²) in [5.41, 5.74) is 6.99. The number of aromatic hydroxyl groups is 1. The molecule has 0 radical (unpaired) electrons. The zero-order valence-electron chi connectivity index (χ0n) is 20.4. The Morgan fingerprint density at radius 2 is 1.77 bits per heavy atom. The van der Waals surface area contributed by atoms with Crippen LogP contribution in [0.1, 0.15) is 72.1 Å². The minimum atomic E-state index is -0.428. The SMILES string of the molecule is CC(C)c1ccc(COCOc2ccc(C=NNC(=O)c3ccc(O)c(Cl)c3)cc2C(C)C)cc1. The highest BCUT2D eigenvalue weighted by atomic mass is 35.5. The molecule has 0 unspecified atom stereocenters. The molecule has 0 fully saturated rings. The Kier molecular flexibility index (Phi) is 9.29. The highest BCUT2D eigenvalue weighted by Gasteiger charge is 2.10. The lowest BCUT2D eigenvalue weighted by molar-refractivity contribution is 0.00442. The summed E-state index contributed by atoms with van der Waals surface area (Å²) in [4.78, 5) is 12.2.